The highest BCUT2D eigenvalue weighted by Gasteiger charge is 1.97. The van der Waals surface area contributed by atoms with Gasteiger partial charge in [0.15, 0.2) is 0 Å². The average molecular weight is 201 g/mol. The summed E-state index contributed by atoms with van der Waals surface area (Å²) in [7, 11) is 1.74. The van der Waals surface area contributed by atoms with E-state index in [0.29, 0.717) is 6.42 Å². The molecule has 0 bridgehead atoms. The zero-order valence-electron chi connectivity index (χ0n) is 8.94. The van der Waals surface area contributed by atoms with E-state index in [1.807, 2.05) is 12.1 Å². The highest BCUT2D eigenvalue weighted by molar-refractivity contribution is 5.28. The summed E-state index contributed by atoms with van der Waals surface area (Å²) in [6, 6.07) is 3.57. The van der Waals surface area contributed by atoms with Crippen LogP contribution in [0.3, 0.4) is 0 Å². The van der Waals surface area contributed by atoms with E-state index < -0.39 is 0 Å². The summed E-state index contributed by atoms with van der Waals surface area (Å²) in [4.78, 5) is 11.4. The number of allylic oxidation sites excluding steroid dienone is 4. The number of aryl methyl sites for hydroxylation is 1. The third-order valence-corrected chi connectivity index (χ3v) is 2.17. The Morgan fingerprint density at radius 2 is 2.27 bits per heavy atom. The van der Waals surface area contributed by atoms with Crippen LogP contribution < -0.4 is 5.56 Å². The van der Waals surface area contributed by atoms with Gasteiger partial charge in [0.1, 0.15) is 0 Å². The number of hydrogen-bond donors (Lipinski definition) is 0. The average Bonchev–Trinajstić information content (AvgIpc) is 2.23. The van der Waals surface area contributed by atoms with Gasteiger partial charge < -0.3 is 4.57 Å². The van der Waals surface area contributed by atoms with Crippen LogP contribution in [-0.2, 0) is 13.5 Å². The first kappa shape index (κ1) is 11.2. The summed E-state index contributed by atoms with van der Waals surface area (Å²) in [6.45, 7) is 7.35. The standard InChI is InChI=1S/C13H15NO/c1-4-6-11(5-2)9-12-7-8-14(3)13(15)10-12/h4-8,10H,1-2,9H2,3H3/b11-6+. The first-order valence-corrected chi connectivity index (χ1v) is 4.77. The molecule has 2 heteroatoms. The van der Waals surface area contributed by atoms with E-state index in [1.54, 1.807) is 36.0 Å². The second-order valence-corrected chi connectivity index (χ2v) is 3.34. The fraction of sp³-hybridized carbons (Fsp3) is 0.154. The molecular weight excluding hydrogens is 186 g/mol. The van der Waals surface area contributed by atoms with Gasteiger partial charge in [-0.15, -0.1) is 0 Å². The van der Waals surface area contributed by atoms with Crippen molar-refractivity contribution >= 4 is 0 Å². The van der Waals surface area contributed by atoms with Crippen LogP contribution in [0.2, 0.25) is 0 Å². The van der Waals surface area contributed by atoms with Crippen LogP contribution in [0, 0.1) is 0 Å². The molecule has 0 N–H and O–H groups in total. The van der Waals surface area contributed by atoms with E-state index in [-0.39, 0.29) is 5.56 Å². The Morgan fingerprint density at radius 1 is 1.53 bits per heavy atom. The summed E-state index contributed by atoms with van der Waals surface area (Å²) in [6.07, 6.45) is 7.87. The molecule has 15 heavy (non-hydrogen) atoms. The van der Waals surface area contributed by atoms with Crippen LogP contribution in [0.4, 0.5) is 0 Å². The van der Waals surface area contributed by atoms with Gasteiger partial charge in [-0.3, -0.25) is 4.79 Å². The maximum Gasteiger partial charge on any atom is 0.250 e. The van der Waals surface area contributed by atoms with Crippen molar-refractivity contribution in [3.05, 3.63) is 71.2 Å². The van der Waals surface area contributed by atoms with E-state index in [9.17, 15) is 4.79 Å². The molecule has 1 aromatic rings. The van der Waals surface area contributed by atoms with Gasteiger partial charge in [-0.2, -0.15) is 0 Å². The Kier molecular flexibility index (Phi) is 3.86. The Hall–Kier alpha value is -1.83. The normalized spacial score (nSPS) is 11.1. The third-order valence-electron chi connectivity index (χ3n) is 2.17. The third kappa shape index (κ3) is 3.09. The first-order chi connectivity index (χ1) is 7.17. The minimum Gasteiger partial charge on any atom is -0.319 e. The fourth-order valence-corrected chi connectivity index (χ4v) is 1.29. The lowest BCUT2D eigenvalue weighted by atomic mass is 10.1. The lowest BCUT2D eigenvalue weighted by Gasteiger charge is -2.02. The molecule has 1 rings (SSSR count). The lowest BCUT2D eigenvalue weighted by Crippen LogP contribution is -2.15. The smallest absolute Gasteiger partial charge is 0.250 e. The molecule has 0 aliphatic carbocycles. The van der Waals surface area contributed by atoms with Gasteiger partial charge in [0.2, 0.25) is 0 Å². The molecule has 1 aromatic heterocycles. The Bertz CT molecular complexity index is 452. The molecule has 0 amide bonds. The number of aromatic nitrogens is 1. The second kappa shape index (κ2) is 5.15. The monoisotopic (exact) mass is 201 g/mol. The number of rotatable bonds is 4. The van der Waals surface area contributed by atoms with Gasteiger partial charge in [0, 0.05) is 19.3 Å². The van der Waals surface area contributed by atoms with E-state index in [1.165, 1.54) is 0 Å². The molecule has 1 heterocycles. The molecule has 0 aliphatic rings. The van der Waals surface area contributed by atoms with E-state index in [2.05, 4.69) is 13.2 Å². The zero-order chi connectivity index (χ0) is 11.3. The maximum absolute atomic E-state index is 11.4. The van der Waals surface area contributed by atoms with Gasteiger partial charge in [0.25, 0.3) is 5.56 Å². The van der Waals surface area contributed by atoms with E-state index in [0.717, 1.165) is 11.1 Å². The fourth-order valence-electron chi connectivity index (χ4n) is 1.29. The van der Waals surface area contributed by atoms with Gasteiger partial charge in [0.05, 0.1) is 0 Å². The topological polar surface area (TPSA) is 22.0 Å². The van der Waals surface area contributed by atoms with Crippen LogP contribution in [0.15, 0.2) is 60.1 Å². The van der Waals surface area contributed by atoms with E-state index >= 15 is 0 Å². The van der Waals surface area contributed by atoms with E-state index in [4.69, 9.17) is 0 Å². The molecule has 78 valence electrons. The van der Waals surface area contributed by atoms with Crippen LogP contribution >= 0.6 is 0 Å². The van der Waals surface area contributed by atoms with Crippen molar-refractivity contribution in [3.63, 3.8) is 0 Å². The predicted molar refractivity (Wildman–Crippen MR) is 63.9 cm³/mol. The van der Waals surface area contributed by atoms with Crippen LogP contribution in [0.25, 0.3) is 0 Å². The molecule has 0 aliphatic heterocycles. The highest BCUT2D eigenvalue weighted by atomic mass is 16.1. The molecule has 0 fully saturated rings. The molecule has 0 aromatic carbocycles. The summed E-state index contributed by atoms with van der Waals surface area (Å²) in [5.74, 6) is 0. The Morgan fingerprint density at radius 3 is 2.80 bits per heavy atom. The quantitative estimate of drug-likeness (QED) is 0.685. The van der Waals surface area contributed by atoms with Crippen molar-refractivity contribution in [1.82, 2.24) is 4.57 Å². The van der Waals surface area contributed by atoms with Crippen molar-refractivity contribution in [2.24, 2.45) is 7.05 Å². The minimum atomic E-state index is 0.00881. The molecule has 0 radical (unpaired) electrons. The van der Waals surface area contributed by atoms with Gasteiger partial charge in [-0.05, 0) is 23.6 Å². The summed E-state index contributed by atoms with van der Waals surface area (Å²) in [5.41, 5.74) is 2.05. The van der Waals surface area contributed by atoms with Crippen molar-refractivity contribution in [1.29, 1.82) is 0 Å². The molecule has 0 atom stereocenters. The highest BCUT2D eigenvalue weighted by Crippen LogP contribution is 2.06. The number of hydrogen-bond acceptors (Lipinski definition) is 1. The molecule has 0 spiro atoms. The van der Waals surface area contributed by atoms with Crippen LogP contribution in [-0.4, -0.2) is 4.57 Å². The van der Waals surface area contributed by atoms with Crippen molar-refractivity contribution in [3.8, 4) is 0 Å². The number of nitrogens with zero attached hydrogens (tertiary/aromatic N) is 1. The van der Waals surface area contributed by atoms with Crippen LogP contribution in [0.1, 0.15) is 5.56 Å². The van der Waals surface area contributed by atoms with Crippen molar-refractivity contribution in [2.45, 2.75) is 6.42 Å². The van der Waals surface area contributed by atoms with Gasteiger partial charge in [-0.1, -0.05) is 31.4 Å². The second-order valence-electron chi connectivity index (χ2n) is 3.34. The maximum atomic E-state index is 11.4. The molecule has 0 saturated heterocycles. The minimum absolute atomic E-state index is 0.00881. The summed E-state index contributed by atoms with van der Waals surface area (Å²) in [5, 5.41) is 0. The Labute approximate surface area is 89.9 Å². The lowest BCUT2D eigenvalue weighted by molar-refractivity contribution is 0.852. The van der Waals surface area contributed by atoms with Gasteiger partial charge >= 0.3 is 0 Å². The molecule has 0 saturated carbocycles. The van der Waals surface area contributed by atoms with Crippen LogP contribution in [0.5, 0.6) is 0 Å². The summed E-state index contributed by atoms with van der Waals surface area (Å²) >= 11 is 0. The predicted octanol–water partition coefficient (Wildman–Crippen LogP) is 2.23. The van der Waals surface area contributed by atoms with Crippen molar-refractivity contribution in [2.75, 3.05) is 0 Å². The largest absolute Gasteiger partial charge is 0.319 e. The molecule has 0 unspecified atom stereocenters. The Balaban J connectivity index is 2.94. The van der Waals surface area contributed by atoms with Crippen molar-refractivity contribution < 1.29 is 0 Å². The molecular formula is C13H15NO. The molecule has 2 nitrogen and oxygen atoms in total. The zero-order valence-corrected chi connectivity index (χ0v) is 8.94. The summed E-state index contributed by atoms with van der Waals surface area (Å²) < 4.78 is 1.55. The first-order valence-electron chi connectivity index (χ1n) is 4.77. The SMILES string of the molecule is C=C/C=C(\C=C)Cc1ccn(C)c(=O)c1. The van der Waals surface area contributed by atoms with Gasteiger partial charge in [-0.25, -0.2) is 0 Å². The number of pyridine rings is 1.